The zero-order chi connectivity index (χ0) is 15.6. The molecule has 4 heteroatoms. The Hall–Kier alpha value is -1.87. The van der Waals surface area contributed by atoms with E-state index in [1.807, 2.05) is 24.3 Å². The molecule has 0 aromatic heterocycles. The zero-order valence-corrected chi connectivity index (χ0v) is 12.9. The summed E-state index contributed by atoms with van der Waals surface area (Å²) >= 11 is 6.10. The van der Waals surface area contributed by atoms with Crippen molar-refractivity contribution in [3.63, 3.8) is 0 Å². The molecular weight excluding hydrogens is 301 g/mol. The topological polar surface area (TPSA) is 29.1 Å². The first kappa shape index (κ1) is 15.0. The summed E-state index contributed by atoms with van der Waals surface area (Å²) in [6.07, 6.45) is 3.84. The van der Waals surface area contributed by atoms with Crippen molar-refractivity contribution in [2.24, 2.45) is 0 Å². The Morgan fingerprint density at radius 1 is 1.09 bits per heavy atom. The summed E-state index contributed by atoms with van der Waals surface area (Å²) in [6, 6.07) is 13.4. The number of rotatable bonds is 3. The maximum Gasteiger partial charge on any atom is 0.252 e. The highest BCUT2D eigenvalue weighted by Crippen LogP contribution is 2.39. The molecule has 1 saturated carbocycles. The number of nitrogens with one attached hydrogen (secondary N) is 1. The molecule has 0 radical (unpaired) electrons. The van der Waals surface area contributed by atoms with Gasteiger partial charge in [0.2, 0.25) is 0 Å². The molecule has 2 aromatic carbocycles. The van der Waals surface area contributed by atoms with Crippen molar-refractivity contribution in [3.8, 4) is 0 Å². The zero-order valence-electron chi connectivity index (χ0n) is 12.1. The molecule has 0 aliphatic heterocycles. The van der Waals surface area contributed by atoms with Gasteiger partial charge in [-0.05, 0) is 48.7 Å². The van der Waals surface area contributed by atoms with Crippen molar-refractivity contribution >= 4 is 17.5 Å². The fraction of sp³-hybridized carbons (Fsp3) is 0.278. The minimum absolute atomic E-state index is 0.249. The van der Waals surface area contributed by atoms with Gasteiger partial charge in [-0.15, -0.1) is 0 Å². The Morgan fingerprint density at radius 3 is 2.50 bits per heavy atom. The van der Waals surface area contributed by atoms with Crippen LogP contribution in [-0.2, 0) is 5.54 Å². The van der Waals surface area contributed by atoms with Crippen LogP contribution in [0.25, 0.3) is 0 Å². The van der Waals surface area contributed by atoms with E-state index in [1.165, 1.54) is 12.1 Å². The van der Waals surface area contributed by atoms with Crippen molar-refractivity contribution < 1.29 is 9.18 Å². The first-order valence-corrected chi connectivity index (χ1v) is 7.81. The normalized spacial score (nSPS) is 16.5. The average Bonchev–Trinajstić information content (AvgIpc) is 2.97. The van der Waals surface area contributed by atoms with E-state index in [9.17, 15) is 9.18 Å². The minimum Gasteiger partial charge on any atom is -0.343 e. The smallest absolute Gasteiger partial charge is 0.252 e. The average molecular weight is 318 g/mol. The Bertz CT molecular complexity index is 695. The van der Waals surface area contributed by atoms with Crippen LogP contribution in [0, 0.1) is 5.82 Å². The summed E-state index contributed by atoms with van der Waals surface area (Å²) in [5.41, 5.74) is 0.949. The molecule has 1 N–H and O–H groups in total. The van der Waals surface area contributed by atoms with E-state index in [0.717, 1.165) is 31.2 Å². The second kappa shape index (κ2) is 6.09. The molecule has 0 saturated heterocycles. The molecule has 1 aliphatic carbocycles. The van der Waals surface area contributed by atoms with E-state index in [0.29, 0.717) is 10.6 Å². The first-order valence-electron chi connectivity index (χ1n) is 7.43. The van der Waals surface area contributed by atoms with Crippen molar-refractivity contribution in [2.45, 2.75) is 31.2 Å². The highest BCUT2D eigenvalue weighted by molar-refractivity contribution is 6.30. The molecule has 1 amide bonds. The van der Waals surface area contributed by atoms with Gasteiger partial charge in [-0.25, -0.2) is 4.39 Å². The summed E-state index contributed by atoms with van der Waals surface area (Å²) in [7, 11) is 0. The number of hydrogen-bond donors (Lipinski definition) is 1. The van der Waals surface area contributed by atoms with Gasteiger partial charge in [0.1, 0.15) is 5.82 Å². The Morgan fingerprint density at radius 2 is 1.82 bits per heavy atom. The van der Waals surface area contributed by atoms with Crippen LogP contribution < -0.4 is 5.32 Å². The van der Waals surface area contributed by atoms with Gasteiger partial charge in [0.15, 0.2) is 0 Å². The number of halogens is 2. The van der Waals surface area contributed by atoms with Crippen molar-refractivity contribution in [1.82, 2.24) is 5.32 Å². The molecule has 2 nitrogen and oxygen atoms in total. The molecule has 0 spiro atoms. The maximum absolute atomic E-state index is 13.3. The van der Waals surface area contributed by atoms with Crippen LogP contribution in [0.1, 0.15) is 41.6 Å². The third-order valence-electron chi connectivity index (χ3n) is 4.27. The van der Waals surface area contributed by atoms with Crippen LogP contribution in [0.4, 0.5) is 4.39 Å². The number of hydrogen-bond acceptors (Lipinski definition) is 1. The lowest BCUT2D eigenvalue weighted by Gasteiger charge is -2.31. The van der Waals surface area contributed by atoms with Gasteiger partial charge in [0.25, 0.3) is 5.91 Å². The summed E-state index contributed by atoms with van der Waals surface area (Å²) in [5, 5.41) is 3.77. The summed E-state index contributed by atoms with van der Waals surface area (Å²) < 4.78 is 13.3. The fourth-order valence-corrected chi connectivity index (χ4v) is 3.36. The molecule has 0 unspecified atom stereocenters. The number of carbonyl (C=O) groups excluding carboxylic acids is 1. The molecule has 2 aromatic rings. The minimum atomic E-state index is -0.408. The van der Waals surface area contributed by atoms with E-state index < -0.39 is 11.4 Å². The van der Waals surface area contributed by atoms with E-state index in [1.54, 1.807) is 12.1 Å². The Balaban J connectivity index is 1.90. The van der Waals surface area contributed by atoms with Gasteiger partial charge in [-0.2, -0.15) is 0 Å². The molecule has 1 fully saturated rings. The number of benzene rings is 2. The fourth-order valence-electron chi connectivity index (χ4n) is 3.17. The van der Waals surface area contributed by atoms with E-state index >= 15 is 0 Å². The molecule has 0 heterocycles. The van der Waals surface area contributed by atoms with Crippen molar-refractivity contribution in [3.05, 3.63) is 70.5 Å². The lowest BCUT2D eigenvalue weighted by Crippen LogP contribution is -2.43. The molecular formula is C18H17ClFNO. The van der Waals surface area contributed by atoms with Crippen molar-refractivity contribution in [1.29, 1.82) is 0 Å². The molecule has 22 heavy (non-hydrogen) atoms. The highest BCUT2D eigenvalue weighted by Gasteiger charge is 2.37. The molecule has 1 aliphatic rings. The lowest BCUT2D eigenvalue weighted by molar-refractivity contribution is 0.0897. The van der Waals surface area contributed by atoms with Crippen LogP contribution in [-0.4, -0.2) is 5.91 Å². The predicted octanol–water partition coefficient (Wildman–Crippen LogP) is 4.68. The number of carbonyl (C=O) groups is 1. The Kier molecular flexibility index (Phi) is 4.16. The van der Waals surface area contributed by atoms with Crippen LogP contribution in [0.15, 0.2) is 48.5 Å². The van der Waals surface area contributed by atoms with E-state index in [2.05, 4.69) is 5.32 Å². The van der Waals surface area contributed by atoms with Crippen LogP contribution in [0.5, 0.6) is 0 Å². The quantitative estimate of drug-likeness (QED) is 0.875. The summed E-state index contributed by atoms with van der Waals surface area (Å²) in [6.45, 7) is 0. The van der Waals surface area contributed by atoms with Crippen LogP contribution in [0.2, 0.25) is 5.02 Å². The van der Waals surface area contributed by atoms with Gasteiger partial charge < -0.3 is 5.32 Å². The molecule has 0 bridgehead atoms. The van der Waals surface area contributed by atoms with Gasteiger partial charge >= 0.3 is 0 Å². The SMILES string of the molecule is O=C(NC1(c2cccc(Cl)c2)CCCC1)c1cccc(F)c1. The maximum atomic E-state index is 13.3. The summed E-state index contributed by atoms with van der Waals surface area (Å²) in [5.74, 6) is -0.655. The lowest BCUT2D eigenvalue weighted by atomic mass is 9.87. The standard InChI is InChI=1S/C18H17ClFNO/c19-15-7-4-6-14(12-15)18(9-1-2-10-18)21-17(22)13-5-3-8-16(20)11-13/h3-8,11-12H,1-2,9-10H2,(H,21,22). The third kappa shape index (κ3) is 3.00. The van der Waals surface area contributed by atoms with E-state index in [4.69, 9.17) is 11.6 Å². The van der Waals surface area contributed by atoms with Crippen molar-refractivity contribution in [2.75, 3.05) is 0 Å². The summed E-state index contributed by atoms with van der Waals surface area (Å²) in [4.78, 5) is 12.5. The van der Waals surface area contributed by atoms with Crippen LogP contribution >= 0.6 is 11.6 Å². The molecule has 114 valence electrons. The molecule has 0 atom stereocenters. The second-order valence-electron chi connectivity index (χ2n) is 5.76. The van der Waals surface area contributed by atoms with Gasteiger partial charge in [-0.3, -0.25) is 4.79 Å². The van der Waals surface area contributed by atoms with Gasteiger partial charge in [0, 0.05) is 10.6 Å². The van der Waals surface area contributed by atoms with Gasteiger partial charge in [-0.1, -0.05) is 42.6 Å². The second-order valence-corrected chi connectivity index (χ2v) is 6.20. The van der Waals surface area contributed by atoms with Gasteiger partial charge in [0.05, 0.1) is 5.54 Å². The first-order chi connectivity index (χ1) is 10.6. The monoisotopic (exact) mass is 317 g/mol. The predicted molar refractivity (Wildman–Crippen MR) is 85.5 cm³/mol. The number of amides is 1. The van der Waals surface area contributed by atoms with E-state index in [-0.39, 0.29) is 5.91 Å². The molecule has 3 rings (SSSR count). The Labute approximate surface area is 134 Å². The van der Waals surface area contributed by atoms with Crippen LogP contribution in [0.3, 0.4) is 0 Å². The largest absolute Gasteiger partial charge is 0.343 e. The highest BCUT2D eigenvalue weighted by atomic mass is 35.5. The third-order valence-corrected chi connectivity index (χ3v) is 4.51.